The first kappa shape index (κ1) is 20.5. The van der Waals surface area contributed by atoms with Crippen molar-refractivity contribution < 1.29 is 14.6 Å². The van der Waals surface area contributed by atoms with Gasteiger partial charge in [-0.25, -0.2) is 0 Å². The Morgan fingerprint density at radius 2 is 1.93 bits per heavy atom. The summed E-state index contributed by atoms with van der Waals surface area (Å²) < 4.78 is 5.61. The molecule has 0 aliphatic carbocycles. The minimum absolute atomic E-state index is 0.244. The standard InChI is InChI=1S/C22H27ClN2O3/c1-24(2)17-10-7-15(8-11-17)21(18-14-16(23)9-12-20(18)28-3)25-13-5-4-6-19(25)22(26)27/h7-12,14,19,21H,4-6,13H2,1-3H3,(H,26,27). The van der Waals surface area contributed by atoms with E-state index in [9.17, 15) is 9.90 Å². The van der Waals surface area contributed by atoms with Crippen LogP contribution in [0.4, 0.5) is 5.69 Å². The number of anilines is 1. The Morgan fingerprint density at radius 3 is 2.54 bits per heavy atom. The summed E-state index contributed by atoms with van der Waals surface area (Å²) in [6.45, 7) is 0.715. The van der Waals surface area contributed by atoms with Gasteiger partial charge in [-0.1, -0.05) is 30.2 Å². The molecule has 0 saturated carbocycles. The van der Waals surface area contributed by atoms with Gasteiger partial charge in [0.15, 0.2) is 0 Å². The van der Waals surface area contributed by atoms with Gasteiger partial charge in [-0.15, -0.1) is 0 Å². The lowest BCUT2D eigenvalue weighted by molar-refractivity contribution is -0.145. The SMILES string of the molecule is COc1ccc(Cl)cc1C(c1ccc(N(C)C)cc1)N1CCCCC1C(=O)O. The number of carboxylic acid groups (broad SMARTS) is 1. The Labute approximate surface area is 171 Å². The Bertz CT molecular complexity index is 823. The summed E-state index contributed by atoms with van der Waals surface area (Å²) in [5, 5.41) is 10.4. The molecule has 1 fully saturated rings. The van der Waals surface area contributed by atoms with Crippen molar-refractivity contribution in [3.63, 3.8) is 0 Å². The largest absolute Gasteiger partial charge is 0.496 e. The van der Waals surface area contributed by atoms with E-state index in [-0.39, 0.29) is 6.04 Å². The van der Waals surface area contributed by atoms with E-state index in [1.165, 1.54) is 0 Å². The molecule has 1 aliphatic heterocycles. The van der Waals surface area contributed by atoms with Crippen LogP contribution in [0.2, 0.25) is 5.02 Å². The second-order valence-corrected chi connectivity index (χ2v) is 7.80. The quantitative estimate of drug-likeness (QED) is 0.773. The summed E-state index contributed by atoms with van der Waals surface area (Å²) in [6, 6.07) is 13.0. The lowest BCUT2D eigenvalue weighted by Gasteiger charge is -2.40. The molecule has 0 spiro atoms. The van der Waals surface area contributed by atoms with E-state index in [1.807, 2.05) is 31.1 Å². The predicted molar refractivity (Wildman–Crippen MR) is 113 cm³/mol. The zero-order valence-corrected chi connectivity index (χ0v) is 17.3. The second kappa shape index (κ2) is 8.84. The van der Waals surface area contributed by atoms with Crippen LogP contribution >= 0.6 is 11.6 Å². The normalized spacial score (nSPS) is 18.5. The maximum Gasteiger partial charge on any atom is 0.320 e. The maximum atomic E-state index is 12.0. The molecule has 2 aromatic rings. The van der Waals surface area contributed by atoms with Crippen molar-refractivity contribution in [2.24, 2.45) is 0 Å². The van der Waals surface area contributed by atoms with Crippen LogP contribution in [0.3, 0.4) is 0 Å². The third kappa shape index (κ3) is 4.26. The summed E-state index contributed by atoms with van der Waals surface area (Å²) in [4.78, 5) is 16.1. The molecule has 2 aromatic carbocycles. The molecule has 0 radical (unpaired) electrons. The van der Waals surface area contributed by atoms with E-state index in [2.05, 4.69) is 29.2 Å². The second-order valence-electron chi connectivity index (χ2n) is 7.36. The molecule has 2 atom stereocenters. The smallest absolute Gasteiger partial charge is 0.320 e. The summed E-state index contributed by atoms with van der Waals surface area (Å²) in [7, 11) is 5.62. The maximum absolute atomic E-state index is 12.0. The number of rotatable bonds is 6. The number of methoxy groups -OCH3 is 1. The molecule has 0 bridgehead atoms. The number of likely N-dealkylation sites (tertiary alicyclic amines) is 1. The zero-order valence-electron chi connectivity index (χ0n) is 16.6. The Balaban J connectivity index is 2.13. The predicted octanol–water partition coefficient (Wildman–Crippen LogP) is 4.44. The molecular formula is C22H27ClN2O3. The molecule has 0 aromatic heterocycles. The molecule has 1 N–H and O–H groups in total. The first-order valence-electron chi connectivity index (χ1n) is 9.51. The van der Waals surface area contributed by atoms with Crippen molar-refractivity contribution in [3.8, 4) is 5.75 Å². The average molecular weight is 403 g/mol. The lowest BCUT2D eigenvalue weighted by atomic mass is 9.91. The fourth-order valence-corrected chi connectivity index (χ4v) is 4.13. The monoisotopic (exact) mass is 402 g/mol. The van der Waals surface area contributed by atoms with E-state index >= 15 is 0 Å². The average Bonchev–Trinajstić information content (AvgIpc) is 2.69. The van der Waals surface area contributed by atoms with Crippen LogP contribution in [-0.2, 0) is 4.79 Å². The number of hydrogen-bond acceptors (Lipinski definition) is 4. The topological polar surface area (TPSA) is 53.0 Å². The fourth-order valence-electron chi connectivity index (χ4n) is 3.95. The van der Waals surface area contributed by atoms with Crippen LogP contribution in [0.1, 0.15) is 36.4 Å². The highest BCUT2D eigenvalue weighted by Crippen LogP contribution is 2.40. The van der Waals surface area contributed by atoms with Crippen molar-refractivity contribution >= 4 is 23.3 Å². The summed E-state index contributed by atoms with van der Waals surface area (Å²) in [6.07, 6.45) is 2.54. The summed E-state index contributed by atoms with van der Waals surface area (Å²) in [5.74, 6) is -0.0728. The van der Waals surface area contributed by atoms with E-state index in [1.54, 1.807) is 13.2 Å². The van der Waals surface area contributed by atoms with E-state index in [0.29, 0.717) is 23.7 Å². The number of aliphatic carboxylic acids is 1. The van der Waals surface area contributed by atoms with Gasteiger partial charge in [-0.2, -0.15) is 0 Å². The molecule has 5 nitrogen and oxygen atoms in total. The van der Waals surface area contributed by atoms with Gasteiger partial charge in [0.1, 0.15) is 11.8 Å². The molecule has 1 aliphatic rings. The van der Waals surface area contributed by atoms with Crippen LogP contribution in [-0.4, -0.2) is 49.8 Å². The summed E-state index contributed by atoms with van der Waals surface area (Å²) in [5.41, 5.74) is 3.01. The van der Waals surface area contributed by atoms with Crippen LogP contribution in [0.25, 0.3) is 0 Å². The van der Waals surface area contributed by atoms with Gasteiger partial charge in [0, 0.05) is 30.4 Å². The molecule has 1 heterocycles. The van der Waals surface area contributed by atoms with Gasteiger partial charge in [0.05, 0.1) is 13.2 Å². The van der Waals surface area contributed by atoms with Gasteiger partial charge in [0.2, 0.25) is 0 Å². The highest BCUT2D eigenvalue weighted by Gasteiger charge is 2.36. The molecule has 28 heavy (non-hydrogen) atoms. The molecule has 2 unspecified atom stereocenters. The van der Waals surface area contributed by atoms with Crippen molar-refractivity contribution in [3.05, 3.63) is 58.6 Å². The van der Waals surface area contributed by atoms with Gasteiger partial charge < -0.3 is 14.7 Å². The molecular weight excluding hydrogens is 376 g/mol. The lowest BCUT2D eigenvalue weighted by Crippen LogP contribution is -2.46. The van der Waals surface area contributed by atoms with Crippen LogP contribution < -0.4 is 9.64 Å². The molecule has 6 heteroatoms. The first-order chi connectivity index (χ1) is 13.4. The Hall–Kier alpha value is -2.24. The number of hydrogen-bond donors (Lipinski definition) is 1. The summed E-state index contributed by atoms with van der Waals surface area (Å²) >= 11 is 6.31. The minimum atomic E-state index is -0.782. The highest BCUT2D eigenvalue weighted by atomic mass is 35.5. The number of halogens is 1. The third-order valence-electron chi connectivity index (χ3n) is 5.37. The number of ether oxygens (including phenoxy) is 1. The first-order valence-corrected chi connectivity index (χ1v) is 9.89. The van der Waals surface area contributed by atoms with E-state index < -0.39 is 12.0 Å². The number of nitrogens with zero attached hydrogens (tertiary/aromatic N) is 2. The van der Waals surface area contributed by atoms with Crippen molar-refractivity contribution in [2.75, 3.05) is 32.6 Å². The van der Waals surface area contributed by atoms with Gasteiger partial charge in [-0.3, -0.25) is 9.69 Å². The molecule has 0 amide bonds. The van der Waals surface area contributed by atoms with Crippen LogP contribution in [0.5, 0.6) is 5.75 Å². The molecule has 3 rings (SSSR count). The van der Waals surface area contributed by atoms with Crippen LogP contribution in [0, 0.1) is 0 Å². The van der Waals surface area contributed by atoms with Gasteiger partial charge in [0.25, 0.3) is 0 Å². The van der Waals surface area contributed by atoms with Gasteiger partial charge >= 0.3 is 5.97 Å². The zero-order chi connectivity index (χ0) is 20.3. The number of carboxylic acids is 1. The van der Waals surface area contributed by atoms with Crippen molar-refractivity contribution in [2.45, 2.75) is 31.3 Å². The van der Waals surface area contributed by atoms with Crippen molar-refractivity contribution in [1.82, 2.24) is 4.90 Å². The number of benzene rings is 2. The van der Waals surface area contributed by atoms with Crippen LogP contribution in [0.15, 0.2) is 42.5 Å². The van der Waals surface area contributed by atoms with Crippen molar-refractivity contribution in [1.29, 1.82) is 0 Å². The Kier molecular flexibility index (Phi) is 6.47. The number of carbonyl (C=O) groups is 1. The third-order valence-corrected chi connectivity index (χ3v) is 5.61. The molecule has 150 valence electrons. The fraction of sp³-hybridized carbons (Fsp3) is 0.409. The van der Waals surface area contributed by atoms with E-state index in [4.69, 9.17) is 16.3 Å². The Morgan fingerprint density at radius 1 is 1.21 bits per heavy atom. The molecule has 1 saturated heterocycles. The number of piperidine rings is 1. The minimum Gasteiger partial charge on any atom is -0.496 e. The highest BCUT2D eigenvalue weighted by molar-refractivity contribution is 6.30. The van der Waals surface area contributed by atoms with E-state index in [0.717, 1.165) is 29.7 Å². The van der Waals surface area contributed by atoms with Gasteiger partial charge in [-0.05, 0) is 55.3 Å².